The first-order valence-electron chi connectivity index (χ1n) is 11.2. The summed E-state index contributed by atoms with van der Waals surface area (Å²) in [7, 11) is 2.98. The Kier molecular flexibility index (Phi) is 7.25. The Bertz CT molecular complexity index is 1380. The van der Waals surface area contributed by atoms with Gasteiger partial charge in [0.2, 0.25) is 0 Å². The number of allylic oxidation sites excluding steroid dienone is 1. The van der Waals surface area contributed by atoms with Crippen LogP contribution in [0.25, 0.3) is 11.6 Å². The number of phenolic OH excluding ortho intramolecular Hbond substituents is 2. The van der Waals surface area contributed by atoms with E-state index in [4.69, 9.17) is 9.47 Å². The number of benzene rings is 3. The number of phenols is 2. The van der Waals surface area contributed by atoms with Crippen LogP contribution in [0.5, 0.6) is 23.0 Å². The van der Waals surface area contributed by atoms with Gasteiger partial charge >= 0.3 is 0 Å². The van der Waals surface area contributed by atoms with E-state index in [9.17, 15) is 19.8 Å². The van der Waals surface area contributed by atoms with Crippen molar-refractivity contribution < 1.29 is 29.3 Å². The van der Waals surface area contributed by atoms with E-state index in [0.29, 0.717) is 46.7 Å². The Hall–Kier alpha value is -4.72. The van der Waals surface area contributed by atoms with Crippen LogP contribution in [0.2, 0.25) is 0 Å². The van der Waals surface area contributed by atoms with Crippen molar-refractivity contribution in [2.45, 2.75) is 13.0 Å². The molecule has 8 nitrogen and oxygen atoms in total. The van der Waals surface area contributed by atoms with Gasteiger partial charge < -0.3 is 25.0 Å². The molecule has 8 heteroatoms. The molecule has 184 valence electrons. The molecule has 4 N–H and O–H groups in total. The third kappa shape index (κ3) is 5.17. The molecular weight excluding hydrogens is 460 g/mol. The molecule has 4 rings (SSSR count). The lowest BCUT2D eigenvalue weighted by molar-refractivity contribution is -0.114. The fraction of sp³-hybridized carbons (Fsp3) is 0.143. The molecule has 0 spiro atoms. The summed E-state index contributed by atoms with van der Waals surface area (Å²) >= 11 is 0. The van der Waals surface area contributed by atoms with Crippen molar-refractivity contribution in [2.75, 3.05) is 14.2 Å². The predicted molar refractivity (Wildman–Crippen MR) is 136 cm³/mol. The Morgan fingerprint density at radius 2 is 1.72 bits per heavy atom. The third-order valence-electron chi connectivity index (χ3n) is 5.80. The summed E-state index contributed by atoms with van der Waals surface area (Å²) in [6, 6.07) is 15.6. The molecule has 0 atom stereocenters. The Morgan fingerprint density at radius 1 is 0.917 bits per heavy atom. The minimum absolute atomic E-state index is 0.0227. The largest absolute Gasteiger partial charge is 0.504 e. The SMILES string of the molecule is COc1ccc(CNC=C2C(=O)NC(=O)c3ccc(C=CCc4cccc(OC)c4O)cc32)cc1O. The van der Waals surface area contributed by atoms with Gasteiger partial charge in [0.15, 0.2) is 23.0 Å². The van der Waals surface area contributed by atoms with E-state index in [0.717, 1.165) is 11.1 Å². The van der Waals surface area contributed by atoms with Crippen molar-refractivity contribution >= 4 is 23.5 Å². The van der Waals surface area contributed by atoms with Gasteiger partial charge in [0.25, 0.3) is 11.8 Å². The molecule has 3 aromatic carbocycles. The van der Waals surface area contributed by atoms with Crippen molar-refractivity contribution in [3.63, 3.8) is 0 Å². The first-order valence-corrected chi connectivity index (χ1v) is 11.2. The molecule has 0 radical (unpaired) electrons. The van der Waals surface area contributed by atoms with Crippen molar-refractivity contribution in [1.82, 2.24) is 10.6 Å². The lowest BCUT2D eigenvalue weighted by Gasteiger charge is -2.19. The normalized spacial score (nSPS) is 14.0. The standard InChI is InChI=1S/C28H26N2O6/c1-35-24-12-10-18(14-23(24)31)15-29-16-22-21-13-17(9-11-20(21)27(33)30-28(22)34)5-3-6-19-7-4-8-25(36-2)26(19)32/h3-5,7-14,16,29,31-32H,6,15H2,1-2H3,(H,30,33,34). The van der Waals surface area contributed by atoms with Gasteiger partial charge in [-0.05, 0) is 47.9 Å². The Balaban J connectivity index is 1.54. The van der Waals surface area contributed by atoms with E-state index in [1.165, 1.54) is 14.2 Å². The molecular formula is C28H26N2O6. The molecule has 0 aromatic heterocycles. The van der Waals surface area contributed by atoms with Gasteiger partial charge in [-0.15, -0.1) is 0 Å². The smallest absolute Gasteiger partial charge is 0.260 e. The number of ether oxygens (including phenoxy) is 2. The van der Waals surface area contributed by atoms with Gasteiger partial charge in [-0.3, -0.25) is 14.9 Å². The first-order chi connectivity index (χ1) is 17.4. The fourth-order valence-electron chi connectivity index (χ4n) is 3.93. The van der Waals surface area contributed by atoms with Crippen LogP contribution < -0.4 is 20.1 Å². The molecule has 0 aliphatic carbocycles. The average Bonchev–Trinajstić information content (AvgIpc) is 2.87. The zero-order valence-electron chi connectivity index (χ0n) is 19.9. The quantitative estimate of drug-likeness (QED) is 0.283. The number of methoxy groups -OCH3 is 2. The maximum absolute atomic E-state index is 12.6. The van der Waals surface area contributed by atoms with Crippen LogP contribution in [0.1, 0.15) is 32.6 Å². The predicted octanol–water partition coefficient (Wildman–Crippen LogP) is 3.77. The van der Waals surface area contributed by atoms with Gasteiger partial charge in [0, 0.05) is 29.4 Å². The van der Waals surface area contributed by atoms with Crippen LogP contribution in [0.15, 0.2) is 66.9 Å². The molecule has 1 heterocycles. The number of hydrogen-bond donors (Lipinski definition) is 4. The monoisotopic (exact) mass is 486 g/mol. The summed E-state index contributed by atoms with van der Waals surface area (Å²) in [6.07, 6.45) is 5.78. The second-order valence-electron chi connectivity index (χ2n) is 8.11. The highest BCUT2D eigenvalue weighted by Gasteiger charge is 2.27. The molecule has 0 bridgehead atoms. The van der Waals surface area contributed by atoms with Crippen molar-refractivity contribution in [1.29, 1.82) is 0 Å². The van der Waals surface area contributed by atoms with Crippen LogP contribution in [-0.2, 0) is 17.8 Å². The molecule has 2 amide bonds. The number of para-hydroxylation sites is 1. The summed E-state index contributed by atoms with van der Waals surface area (Å²) in [5.41, 5.74) is 3.53. The first kappa shape index (κ1) is 24.4. The van der Waals surface area contributed by atoms with Crippen LogP contribution in [0, 0.1) is 0 Å². The highest BCUT2D eigenvalue weighted by atomic mass is 16.5. The van der Waals surface area contributed by atoms with Gasteiger partial charge in [-0.25, -0.2) is 0 Å². The number of aromatic hydroxyl groups is 2. The summed E-state index contributed by atoms with van der Waals surface area (Å²) in [5.74, 6) is -0.0536. The highest BCUT2D eigenvalue weighted by Crippen LogP contribution is 2.30. The third-order valence-corrected chi connectivity index (χ3v) is 5.80. The molecule has 0 saturated heterocycles. The van der Waals surface area contributed by atoms with Gasteiger partial charge in [0.05, 0.1) is 19.8 Å². The molecule has 0 unspecified atom stereocenters. The maximum Gasteiger partial charge on any atom is 0.260 e. The lowest BCUT2D eigenvalue weighted by atomic mass is 9.93. The van der Waals surface area contributed by atoms with E-state index in [1.807, 2.05) is 24.3 Å². The molecule has 1 aliphatic rings. The second-order valence-corrected chi connectivity index (χ2v) is 8.11. The Labute approximate surface area is 208 Å². The number of carbonyl (C=O) groups excluding carboxylic acids is 2. The minimum Gasteiger partial charge on any atom is -0.504 e. The van der Waals surface area contributed by atoms with Crippen molar-refractivity contribution in [2.24, 2.45) is 0 Å². The Morgan fingerprint density at radius 3 is 2.47 bits per heavy atom. The maximum atomic E-state index is 12.6. The zero-order chi connectivity index (χ0) is 25.7. The summed E-state index contributed by atoms with van der Waals surface area (Å²) < 4.78 is 10.2. The van der Waals surface area contributed by atoms with E-state index in [2.05, 4.69) is 10.6 Å². The lowest BCUT2D eigenvalue weighted by Crippen LogP contribution is -2.37. The molecule has 1 aliphatic heterocycles. The molecule has 0 fully saturated rings. The van der Waals surface area contributed by atoms with Gasteiger partial charge in [-0.1, -0.05) is 36.4 Å². The summed E-state index contributed by atoms with van der Waals surface area (Å²) in [4.78, 5) is 25.0. The van der Waals surface area contributed by atoms with Crippen LogP contribution >= 0.6 is 0 Å². The number of hydrogen-bond acceptors (Lipinski definition) is 7. The van der Waals surface area contributed by atoms with E-state index >= 15 is 0 Å². The summed E-state index contributed by atoms with van der Waals surface area (Å²) in [6.45, 7) is 0.348. The topological polar surface area (TPSA) is 117 Å². The highest BCUT2D eigenvalue weighted by molar-refractivity contribution is 6.31. The summed E-state index contributed by atoms with van der Waals surface area (Å²) in [5, 5.41) is 25.7. The molecule has 36 heavy (non-hydrogen) atoms. The number of amides is 2. The van der Waals surface area contributed by atoms with Crippen molar-refractivity contribution in [3.05, 3.63) is 94.7 Å². The number of imide groups is 1. The van der Waals surface area contributed by atoms with Crippen LogP contribution in [0.4, 0.5) is 0 Å². The van der Waals surface area contributed by atoms with Gasteiger partial charge in [-0.2, -0.15) is 0 Å². The molecule has 0 saturated carbocycles. The zero-order valence-corrected chi connectivity index (χ0v) is 19.9. The van der Waals surface area contributed by atoms with E-state index in [1.54, 1.807) is 48.7 Å². The van der Waals surface area contributed by atoms with E-state index < -0.39 is 11.8 Å². The van der Waals surface area contributed by atoms with Crippen LogP contribution in [-0.4, -0.2) is 36.2 Å². The van der Waals surface area contributed by atoms with Crippen LogP contribution in [0.3, 0.4) is 0 Å². The van der Waals surface area contributed by atoms with E-state index in [-0.39, 0.29) is 11.5 Å². The second kappa shape index (κ2) is 10.7. The molecule has 3 aromatic rings. The number of nitrogens with one attached hydrogen (secondary N) is 2. The number of carbonyl (C=O) groups is 2. The minimum atomic E-state index is -0.500. The number of rotatable bonds is 8. The van der Waals surface area contributed by atoms with Gasteiger partial charge in [0.1, 0.15) is 0 Å². The number of fused-ring (bicyclic) bond motifs is 1. The fourth-order valence-corrected chi connectivity index (χ4v) is 3.93. The average molecular weight is 487 g/mol. The van der Waals surface area contributed by atoms with Crippen molar-refractivity contribution in [3.8, 4) is 23.0 Å².